The molecular formula is C17H14O. The lowest BCUT2D eigenvalue weighted by Gasteiger charge is -2.24. The van der Waals surface area contributed by atoms with Crippen LogP contribution in [0, 0.1) is 0 Å². The highest BCUT2D eigenvalue weighted by molar-refractivity contribution is 5.64. The zero-order valence-corrected chi connectivity index (χ0v) is 10.1. The monoisotopic (exact) mass is 234 g/mol. The molecule has 1 aliphatic carbocycles. The van der Waals surface area contributed by atoms with Crippen LogP contribution in [0.5, 0.6) is 11.5 Å². The van der Waals surface area contributed by atoms with Gasteiger partial charge in [0.2, 0.25) is 0 Å². The van der Waals surface area contributed by atoms with Gasteiger partial charge in [-0.1, -0.05) is 36.4 Å². The van der Waals surface area contributed by atoms with Gasteiger partial charge in [-0.15, -0.1) is 0 Å². The van der Waals surface area contributed by atoms with Crippen molar-refractivity contribution in [2.75, 3.05) is 0 Å². The zero-order valence-electron chi connectivity index (χ0n) is 10.1. The van der Waals surface area contributed by atoms with Gasteiger partial charge in [0.1, 0.15) is 11.5 Å². The van der Waals surface area contributed by atoms with Crippen molar-refractivity contribution < 1.29 is 4.74 Å². The molecule has 0 bridgehead atoms. The second-order valence-corrected chi connectivity index (χ2v) is 4.94. The molecule has 2 aromatic rings. The molecule has 1 heteroatoms. The van der Waals surface area contributed by atoms with E-state index in [4.69, 9.17) is 4.74 Å². The van der Waals surface area contributed by atoms with Crippen molar-refractivity contribution in [2.24, 2.45) is 0 Å². The van der Waals surface area contributed by atoms with Gasteiger partial charge in [-0.05, 0) is 41.7 Å². The first-order valence-corrected chi connectivity index (χ1v) is 6.49. The summed E-state index contributed by atoms with van der Waals surface area (Å²) < 4.78 is 6.02. The van der Waals surface area contributed by atoms with Crippen LogP contribution in [-0.2, 0) is 12.8 Å². The fourth-order valence-electron chi connectivity index (χ4n) is 2.93. The fourth-order valence-corrected chi connectivity index (χ4v) is 2.93. The summed E-state index contributed by atoms with van der Waals surface area (Å²) in [6.07, 6.45) is 7.78. The van der Waals surface area contributed by atoms with Gasteiger partial charge in [0.05, 0.1) is 0 Å². The molecular weight excluding hydrogens is 220 g/mol. The Morgan fingerprint density at radius 3 is 2.83 bits per heavy atom. The van der Waals surface area contributed by atoms with E-state index in [0.717, 1.165) is 30.8 Å². The quantitative estimate of drug-likeness (QED) is 0.562. The molecule has 0 atom stereocenters. The minimum absolute atomic E-state index is 1.00. The van der Waals surface area contributed by atoms with Crippen LogP contribution < -0.4 is 4.74 Å². The van der Waals surface area contributed by atoms with Gasteiger partial charge >= 0.3 is 0 Å². The third-order valence-electron chi connectivity index (χ3n) is 3.84. The number of hydrogen-bond donors (Lipinski definition) is 0. The van der Waals surface area contributed by atoms with E-state index in [1.807, 2.05) is 6.07 Å². The molecule has 4 rings (SSSR count). The van der Waals surface area contributed by atoms with Crippen LogP contribution in [0.4, 0.5) is 0 Å². The van der Waals surface area contributed by atoms with Crippen molar-refractivity contribution >= 4 is 6.08 Å². The van der Waals surface area contributed by atoms with E-state index in [9.17, 15) is 0 Å². The molecule has 0 saturated heterocycles. The Hall–Kier alpha value is -2.02. The van der Waals surface area contributed by atoms with Gasteiger partial charge < -0.3 is 4.74 Å². The number of ether oxygens (including phenoxy) is 1. The lowest BCUT2D eigenvalue weighted by Crippen LogP contribution is -2.08. The maximum atomic E-state index is 6.02. The van der Waals surface area contributed by atoms with Gasteiger partial charge in [-0.3, -0.25) is 0 Å². The van der Waals surface area contributed by atoms with E-state index in [-0.39, 0.29) is 0 Å². The molecule has 18 heavy (non-hydrogen) atoms. The Morgan fingerprint density at radius 2 is 1.83 bits per heavy atom. The summed E-state index contributed by atoms with van der Waals surface area (Å²) in [6.45, 7) is 0. The van der Waals surface area contributed by atoms with Gasteiger partial charge in [-0.25, -0.2) is 0 Å². The summed E-state index contributed by atoms with van der Waals surface area (Å²) in [6, 6.07) is 12.6. The lowest BCUT2D eigenvalue weighted by molar-refractivity contribution is 0.458. The van der Waals surface area contributed by atoms with Gasteiger partial charge in [0, 0.05) is 12.0 Å². The van der Waals surface area contributed by atoms with Crippen molar-refractivity contribution in [3.05, 3.63) is 64.7 Å². The molecule has 0 saturated carbocycles. The highest BCUT2D eigenvalue weighted by Gasteiger charge is 2.21. The SMILES string of the molecule is C1=Cc2ccc3c(c2CC1)Cc1ccccc1O3. The average molecular weight is 234 g/mol. The average Bonchev–Trinajstić information content (AvgIpc) is 2.45. The summed E-state index contributed by atoms with van der Waals surface area (Å²) in [7, 11) is 0. The first kappa shape index (κ1) is 9.95. The van der Waals surface area contributed by atoms with Crippen molar-refractivity contribution in [1.29, 1.82) is 0 Å². The summed E-state index contributed by atoms with van der Waals surface area (Å²) in [5.41, 5.74) is 5.52. The van der Waals surface area contributed by atoms with E-state index < -0.39 is 0 Å². The predicted molar refractivity (Wildman–Crippen MR) is 73.1 cm³/mol. The number of hydrogen-bond acceptors (Lipinski definition) is 1. The zero-order chi connectivity index (χ0) is 11.9. The third-order valence-corrected chi connectivity index (χ3v) is 3.84. The van der Waals surface area contributed by atoms with Crippen LogP contribution >= 0.6 is 0 Å². The first-order valence-electron chi connectivity index (χ1n) is 6.49. The Balaban J connectivity index is 1.89. The standard InChI is InChI=1S/C17H14O/c1-3-7-14-12(5-1)9-10-17-15(14)11-13-6-2-4-8-16(13)18-17/h1-2,4-6,8-10H,3,7,11H2. The number of rotatable bonds is 0. The topological polar surface area (TPSA) is 9.23 Å². The molecule has 2 aromatic carbocycles. The molecule has 0 aromatic heterocycles. The summed E-state index contributed by atoms with van der Waals surface area (Å²) >= 11 is 0. The predicted octanol–water partition coefficient (Wildman–Crippen LogP) is 4.34. The molecule has 88 valence electrons. The Labute approximate surface area is 107 Å². The molecule has 0 fully saturated rings. The molecule has 0 N–H and O–H groups in total. The van der Waals surface area contributed by atoms with Crippen molar-refractivity contribution in [3.63, 3.8) is 0 Å². The summed E-state index contributed by atoms with van der Waals surface area (Å²) in [5.74, 6) is 2.05. The van der Waals surface area contributed by atoms with E-state index in [2.05, 4.69) is 42.5 Å². The molecule has 0 spiro atoms. The van der Waals surface area contributed by atoms with Crippen LogP contribution in [0.3, 0.4) is 0 Å². The van der Waals surface area contributed by atoms with Crippen LogP contribution in [0.1, 0.15) is 28.7 Å². The van der Waals surface area contributed by atoms with Crippen molar-refractivity contribution in [1.82, 2.24) is 0 Å². The molecule has 1 nitrogen and oxygen atoms in total. The number of allylic oxidation sites excluding steroid dienone is 1. The molecule has 0 unspecified atom stereocenters. The minimum atomic E-state index is 1.00. The minimum Gasteiger partial charge on any atom is -0.457 e. The largest absolute Gasteiger partial charge is 0.457 e. The fraction of sp³-hybridized carbons (Fsp3) is 0.176. The molecule has 0 radical (unpaired) electrons. The van der Waals surface area contributed by atoms with E-state index in [0.29, 0.717) is 0 Å². The Morgan fingerprint density at radius 1 is 0.889 bits per heavy atom. The summed E-state index contributed by atoms with van der Waals surface area (Å²) in [4.78, 5) is 0. The van der Waals surface area contributed by atoms with Crippen LogP contribution in [0.15, 0.2) is 42.5 Å². The Kier molecular flexibility index (Phi) is 2.07. The van der Waals surface area contributed by atoms with Crippen LogP contribution in [0.2, 0.25) is 0 Å². The maximum absolute atomic E-state index is 6.02. The van der Waals surface area contributed by atoms with Gasteiger partial charge in [-0.2, -0.15) is 0 Å². The highest BCUT2D eigenvalue weighted by atomic mass is 16.5. The van der Waals surface area contributed by atoms with Crippen LogP contribution in [0.25, 0.3) is 6.08 Å². The third kappa shape index (κ3) is 1.40. The number of para-hydroxylation sites is 1. The van der Waals surface area contributed by atoms with E-state index in [1.54, 1.807) is 0 Å². The second-order valence-electron chi connectivity index (χ2n) is 4.94. The van der Waals surface area contributed by atoms with E-state index >= 15 is 0 Å². The van der Waals surface area contributed by atoms with Crippen LogP contribution in [-0.4, -0.2) is 0 Å². The second kappa shape index (κ2) is 3.74. The lowest BCUT2D eigenvalue weighted by atomic mass is 9.88. The highest BCUT2D eigenvalue weighted by Crippen LogP contribution is 2.40. The van der Waals surface area contributed by atoms with Crippen molar-refractivity contribution in [2.45, 2.75) is 19.3 Å². The normalized spacial score (nSPS) is 15.3. The smallest absolute Gasteiger partial charge is 0.131 e. The molecule has 1 aliphatic heterocycles. The molecule has 0 amide bonds. The molecule has 2 aliphatic rings. The van der Waals surface area contributed by atoms with E-state index in [1.165, 1.54) is 22.3 Å². The Bertz CT molecular complexity index is 653. The maximum Gasteiger partial charge on any atom is 0.131 e. The molecule has 1 heterocycles. The number of benzene rings is 2. The van der Waals surface area contributed by atoms with Crippen molar-refractivity contribution in [3.8, 4) is 11.5 Å². The van der Waals surface area contributed by atoms with Gasteiger partial charge in [0.15, 0.2) is 0 Å². The number of fused-ring (bicyclic) bond motifs is 4. The first-order chi connectivity index (χ1) is 8.92. The van der Waals surface area contributed by atoms with Gasteiger partial charge in [0.25, 0.3) is 0 Å². The summed E-state index contributed by atoms with van der Waals surface area (Å²) in [5, 5.41) is 0.